The molecule has 2 heterocycles. The van der Waals surface area contributed by atoms with Crippen LogP contribution in [-0.4, -0.2) is 44.8 Å². The standard InChI is InChI=1S/C22H24FNO4/c1-26-19-11-15-13-24(21(25)16-5-3-4-6-18(16)23)14-22(7-9-28-10-8-22)17(15)12-20(19)27-2/h3-6,11-12H,7-10,13-14H2,1-2H3. The summed E-state index contributed by atoms with van der Waals surface area (Å²) in [6.07, 6.45) is 1.60. The maximum atomic E-state index is 14.2. The summed E-state index contributed by atoms with van der Waals surface area (Å²) in [6.45, 7) is 2.21. The van der Waals surface area contributed by atoms with Crippen LogP contribution in [0.1, 0.15) is 34.3 Å². The zero-order valence-electron chi connectivity index (χ0n) is 16.2. The first-order valence-electron chi connectivity index (χ1n) is 9.45. The summed E-state index contributed by atoms with van der Waals surface area (Å²) in [6, 6.07) is 10.1. The van der Waals surface area contributed by atoms with Crippen LogP contribution in [0.4, 0.5) is 4.39 Å². The molecule has 0 aliphatic carbocycles. The Morgan fingerprint density at radius 2 is 1.79 bits per heavy atom. The number of nitrogens with zero attached hydrogens (tertiary/aromatic N) is 1. The van der Waals surface area contributed by atoms with Gasteiger partial charge in [-0.25, -0.2) is 4.39 Å². The van der Waals surface area contributed by atoms with Crippen molar-refractivity contribution in [2.45, 2.75) is 24.8 Å². The van der Waals surface area contributed by atoms with Gasteiger partial charge in [-0.15, -0.1) is 0 Å². The SMILES string of the molecule is COc1cc2c(cc1OC)C1(CCOCC1)CN(C(=O)c1ccccc1F)C2. The number of fused-ring (bicyclic) bond motifs is 2. The highest BCUT2D eigenvalue weighted by Crippen LogP contribution is 2.45. The smallest absolute Gasteiger partial charge is 0.257 e. The van der Waals surface area contributed by atoms with Gasteiger partial charge in [0.1, 0.15) is 5.82 Å². The van der Waals surface area contributed by atoms with E-state index < -0.39 is 5.82 Å². The summed E-state index contributed by atoms with van der Waals surface area (Å²) < 4.78 is 30.8. The summed E-state index contributed by atoms with van der Waals surface area (Å²) in [5.74, 6) is 0.528. The normalized spacial score (nSPS) is 17.9. The van der Waals surface area contributed by atoms with Crippen molar-refractivity contribution >= 4 is 5.91 Å². The van der Waals surface area contributed by atoms with Gasteiger partial charge >= 0.3 is 0 Å². The number of ether oxygens (including phenoxy) is 3. The van der Waals surface area contributed by atoms with Crippen LogP contribution in [0, 0.1) is 5.82 Å². The first-order chi connectivity index (χ1) is 13.6. The predicted octanol–water partition coefficient (Wildman–Crippen LogP) is 3.55. The fourth-order valence-corrected chi connectivity index (χ4v) is 4.40. The zero-order chi connectivity index (χ0) is 19.7. The van der Waals surface area contributed by atoms with Crippen molar-refractivity contribution in [3.05, 3.63) is 58.9 Å². The van der Waals surface area contributed by atoms with Crippen LogP contribution in [0.15, 0.2) is 36.4 Å². The fraction of sp³-hybridized carbons (Fsp3) is 0.409. The Morgan fingerprint density at radius 3 is 2.46 bits per heavy atom. The minimum absolute atomic E-state index is 0.105. The largest absolute Gasteiger partial charge is 0.493 e. The number of carbonyl (C=O) groups is 1. The maximum absolute atomic E-state index is 14.2. The van der Waals surface area contributed by atoms with E-state index in [4.69, 9.17) is 14.2 Å². The van der Waals surface area contributed by atoms with Crippen molar-refractivity contribution < 1.29 is 23.4 Å². The molecule has 2 aliphatic rings. The molecular weight excluding hydrogens is 361 g/mol. The van der Waals surface area contributed by atoms with Gasteiger partial charge in [-0.2, -0.15) is 0 Å². The van der Waals surface area contributed by atoms with Gasteiger partial charge in [-0.05, 0) is 48.2 Å². The number of rotatable bonds is 3. The van der Waals surface area contributed by atoms with Gasteiger partial charge < -0.3 is 19.1 Å². The lowest BCUT2D eigenvalue weighted by Gasteiger charge is -2.46. The molecule has 4 rings (SSSR count). The Hall–Kier alpha value is -2.60. The quantitative estimate of drug-likeness (QED) is 0.811. The Labute approximate surface area is 164 Å². The number of hydrogen-bond donors (Lipinski definition) is 0. The van der Waals surface area contributed by atoms with E-state index in [-0.39, 0.29) is 16.9 Å². The van der Waals surface area contributed by atoms with E-state index in [9.17, 15) is 9.18 Å². The van der Waals surface area contributed by atoms with Crippen molar-refractivity contribution in [2.24, 2.45) is 0 Å². The lowest BCUT2D eigenvalue weighted by Crippen LogP contribution is -2.50. The van der Waals surface area contributed by atoms with Crippen molar-refractivity contribution in [3.63, 3.8) is 0 Å². The number of carbonyl (C=O) groups excluding carboxylic acids is 1. The number of benzene rings is 2. The molecule has 6 heteroatoms. The van der Waals surface area contributed by atoms with Crippen LogP contribution in [0.3, 0.4) is 0 Å². The third-order valence-electron chi connectivity index (χ3n) is 5.88. The molecule has 1 amide bonds. The highest BCUT2D eigenvalue weighted by Gasteiger charge is 2.43. The van der Waals surface area contributed by atoms with Gasteiger partial charge in [0.25, 0.3) is 5.91 Å². The molecule has 1 spiro atoms. The van der Waals surface area contributed by atoms with Gasteiger partial charge in [-0.3, -0.25) is 4.79 Å². The lowest BCUT2D eigenvalue weighted by molar-refractivity contribution is 0.0235. The van der Waals surface area contributed by atoms with Crippen molar-refractivity contribution in [3.8, 4) is 11.5 Å². The van der Waals surface area contributed by atoms with Crippen molar-refractivity contribution in [2.75, 3.05) is 34.0 Å². The maximum Gasteiger partial charge on any atom is 0.257 e. The minimum atomic E-state index is -0.494. The molecule has 2 aromatic rings. The second-order valence-electron chi connectivity index (χ2n) is 7.40. The highest BCUT2D eigenvalue weighted by atomic mass is 19.1. The van der Waals surface area contributed by atoms with Gasteiger partial charge in [-0.1, -0.05) is 12.1 Å². The second kappa shape index (κ2) is 7.43. The number of halogens is 1. The topological polar surface area (TPSA) is 48.0 Å². The van der Waals surface area contributed by atoms with E-state index in [1.807, 2.05) is 12.1 Å². The van der Waals surface area contributed by atoms with Gasteiger partial charge in [0.15, 0.2) is 11.5 Å². The van der Waals surface area contributed by atoms with Gasteiger partial charge in [0.2, 0.25) is 0 Å². The lowest BCUT2D eigenvalue weighted by atomic mass is 9.69. The van der Waals surface area contributed by atoms with Gasteiger partial charge in [0, 0.05) is 31.7 Å². The zero-order valence-corrected chi connectivity index (χ0v) is 16.2. The van der Waals surface area contributed by atoms with Crippen molar-refractivity contribution in [1.82, 2.24) is 4.90 Å². The van der Waals surface area contributed by atoms with Crippen LogP contribution < -0.4 is 9.47 Å². The van der Waals surface area contributed by atoms with Crippen LogP contribution in [0.5, 0.6) is 11.5 Å². The first-order valence-corrected chi connectivity index (χ1v) is 9.45. The average Bonchev–Trinajstić information content (AvgIpc) is 2.73. The van der Waals surface area contributed by atoms with Crippen LogP contribution >= 0.6 is 0 Å². The third-order valence-corrected chi connectivity index (χ3v) is 5.88. The molecule has 0 saturated carbocycles. The summed E-state index contributed by atoms with van der Waals surface area (Å²) in [4.78, 5) is 14.9. The second-order valence-corrected chi connectivity index (χ2v) is 7.40. The van der Waals surface area contributed by atoms with E-state index in [1.54, 1.807) is 37.3 Å². The number of hydrogen-bond acceptors (Lipinski definition) is 4. The highest BCUT2D eigenvalue weighted by molar-refractivity contribution is 5.94. The molecule has 1 saturated heterocycles. The van der Waals surface area contributed by atoms with E-state index >= 15 is 0 Å². The molecule has 28 heavy (non-hydrogen) atoms. The molecular formula is C22H24FNO4. The Bertz CT molecular complexity index is 892. The summed E-state index contributed by atoms with van der Waals surface area (Å²) in [5, 5.41) is 0. The minimum Gasteiger partial charge on any atom is -0.493 e. The molecule has 0 atom stereocenters. The monoisotopic (exact) mass is 385 g/mol. The molecule has 0 N–H and O–H groups in total. The molecule has 5 nitrogen and oxygen atoms in total. The molecule has 148 valence electrons. The van der Waals surface area contributed by atoms with E-state index in [0.29, 0.717) is 37.8 Å². The number of amides is 1. The molecule has 0 aromatic heterocycles. The van der Waals surface area contributed by atoms with Crippen LogP contribution in [-0.2, 0) is 16.7 Å². The summed E-state index contributed by atoms with van der Waals surface area (Å²) in [5.41, 5.74) is 2.06. The van der Waals surface area contributed by atoms with E-state index in [1.165, 1.54) is 11.6 Å². The molecule has 1 fully saturated rings. The molecule has 0 radical (unpaired) electrons. The molecule has 2 aromatic carbocycles. The van der Waals surface area contributed by atoms with Crippen LogP contribution in [0.25, 0.3) is 0 Å². The van der Waals surface area contributed by atoms with Crippen LogP contribution in [0.2, 0.25) is 0 Å². The Kier molecular flexibility index (Phi) is 4.98. The van der Waals surface area contributed by atoms with Crippen molar-refractivity contribution in [1.29, 1.82) is 0 Å². The fourth-order valence-electron chi connectivity index (χ4n) is 4.40. The number of methoxy groups -OCH3 is 2. The third kappa shape index (κ3) is 3.11. The van der Waals surface area contributed by atoms with Gasteiger partial charge in [0.05, 0.1) is 19.8 Å². The first kappa shape index (κ1) is 18.7. The average molecular weight is 385 g/mol. The van der Waals surface area contributed by atoms with E-state index in [2.05, 4.69) is 0 Å². The Morgan fingerprint density at radius 1 is 1.11 bits per heavy atom. The van der Waals surface area contributed by atoms with E-state index in [0.717, 1.165) is 18.4 Å². The summed E-state index contributed by atoms with van der Waals surface area (Å²) >= 11 is 0. The molecule has 0 unspecified atom stereocenters. The molecule has 0 bridgehead atoms. The summed E-state index contributed by atoms with van der Waals surface area (Å²) in [7, 11) is 3.22. The molecule has 2 aliphatic heterocycles. The predicted molar refractivity (Wildman–Crippen MR) is 102 cm³/mol. The Balaban J connectivity index is 1.78.